The molecule has 0 heterocycles. The summed E-state index contributed by atoms with van der Waals surface area (Å²) < 4.78 is 13.6. The lowest BCUT2D eigenvalue weighted by Gasteiger charge is -2.23. The maximum absolute atomic E-state index is 13.6. The molecule has 0 aromatic heterocycles. The first kappa shape index (κ1) is 15.9. The molecular weight excluding hydrogens is 310 g/mol. The largest absolute Gasteiger partial charge is 0.377 e. The second-order valence-corrected chi connectivity index (χ2v) is 5.88. The SMILES string of the molecule is CC(Nc1cccc(Cl)c1N(C)C)c1ccc(Cl)c(F)c1. The summed E-state index contributed by atoms with van der Waals surface area (Å²) in [6.07, 6.45) is 0. The maximum Gasteiger partial charge on any atom is 0.142 e. The third-order valence-corrected chi connectivity index (χ3v) is 3.86. The van der Waals surface area contributed by atoms with Gasteiger partial charge in [-0.3, -0.25) is 0 Å². The lowest BCUT2D eigenvalue weighted by Crippen LogP contribution is -2.14. The molecule has 0 aliphatic rings. The van der Waals surface area contributed by atoms with Gasteiger partial charge in [-0.1, -0.05) is 35.3 Å². The lowest BCUT2D eigenvalue weighted by atomic mass is 10.1. The summed E-state index contributed by atoms with van der Waals surface area (Å²) in [6.45, 7) is 1.96. The highest BCUT2D eigenvalue weighted by atomic mass is 35.5. The molecule has 0 saturated heterocycles. The highest BCUT2D eigenvalue weighted by molar-refractivity contribution is 6.34. The molecule has 0 amide bonds. The van der Waals surface area contributed by atoms with Crippen LogP contribution in [0.25, 0.3) is 0 Å². The molecule has 0 radical (unpaired) electrons. The molecule has 0 bridgehead atoms. The van der Waals surface area contributed by atoms with Crippen molar-refractivity contribution in [3.8, 4) is 0 Å². The highest BCUT2D eigenvalue weighted by Gasteiger charge is 2.13. The van der Waals surface area contributed by atoms with E-state index in [0.717, 1.165) is 16.9 Å². The van der Waals surface area contributed by atoms with Crippen LogP contribution >= 0.6 is 23.2 Å². The fourth-order valence-corrected chi connectivity index (χ4v) is 2.65. The van der Waals surface area contributed by atoms with Crippen molar-refractivity contribution in [2.24, 2.45) is 0 Å². The van der Waals surface area contributed by atoms with Gasteiger partial charge in [0, 0.05) is 20.1 Å². The van der Waals surface area contributed by atoms with Gasteiger partial charge in [-0.15, -0.1) is 0 Å². The van der Waals surface area contributed by atoms with Gasteiger partial charge in [0.05, 0.1) is 21.4 Å². The van der Waals surface area contributed by atoms with Gasteiger partial charge < -0.3 is 10.2 Å². The van der Waals surface area contributed by atoms with E-state index < -0.39 is 5.82 Å². The molecule has 0 spiro atoms. The Morgan fingerprint density at radius 3 is 2.43 bits per heavy atom. The first-order chi connectivity index (χ1) is 9.90. The van der Waals surface area contributed by atoms with E-state index in [0.29, 0.717) is 5.02 Å². The predicted molar refractivity (Wildman–Crippen MR) is 89.2 cm³/mol. The second kappa shape index (κ2) is 6.54. The number of anilines is 2. The van der Waals surface area contributed by atoms with Crippen molar-refractivity contribution in [1.82, 2.24) is 0 Å². The summed E-state index contributed by atoms with van der Waals surface area (Å²) in [4.78, 5) is 1.94. The Bertz CT molecular complexity index is 644. The Hall–Kier alpha value is -1.45. The quantitative estimate of drug-likeness (QED) is 0.812. The Balaban J connectivity index is 2.29. The van der Waals surface area contributed by atoms with Gasteiger partial charge in [0.1, 0.15) is 5.82 Å². The Morgan fingerprint density at radius 1 is 1.10 bits per heavy atom. The van der Waals surface area contributed by atoms with Gasteiger partial charge >= 0.3 is 0 Å². The van der Waals surface area contributed by atoms with E-state index in [1.165, 1.54) is 6.07 Å². The maximum atomic E-state index is 13.6. The second-order valence-electron chi connectivity index (χ2n) is 5.07. The molecule has 1 atom stereocenters. The van der Waals surface area contributed by atoms with E-state index in [1.54, 1.807) is 6.07 Å². The molecule has 2 rings (SSSR count). The zero-order valence-electron chi connectivity index (χ0n) is 12.1. The molecule has 0 aliphatic heterocycles. The summed E-state index contributed by atoms with van der Waals surface area (Å²) in [5, 5.41) is 4.15. The van der Waals surface area contributed by atoms with Crippen molar-refractivity contribution in [2.45, 2.75) is 13.0 Å². The van der Waals surface area contributed by atoms with Crippen molar-refractivity contribution >= 4 is 34.6 Å². The fourth-order valence-electron chi connectivity index (χ4n) is 2.18. The number of benzene rings is 2. The first-order valence-electron chi connectivity index (χ1n) is 6.57. The van der Waals surface area contributed by atoms with Crippen molar-refractivity contribution in [2.75, 3.05) is 24.3 Å². The first-order valence-corrected chi connectivity index (χ1v) is 7.33. The summed E-state index contributed by atoms with van der Waals surface area (Å²) in [5.74, 6) is -0.415. The van der Waals surface area contributed by atoms with Gasteiger partial charge in [0.2, 0.25) is 0 Å². The molecule has 2 nitrogen and oxygen atoms in total. The van der Waals surface area contributed by atoms with E-state index in [2.05, 4.69) is 5.32 Å². The average Bonchev–Trinajstić information content (AvgIpc) is 2.41. The van der Waals surface area contributed by atoms with E-state index >= 15 is 0 Å². The van der Waals surface area contributed by atoms with E-state index in [-0.39, 0.29) is 11.1 Å². The van der Waals surface area contributed by atoms with Crippen molar-refractivity contribution in [1.29, 1.82) is 0 Å². The number of hydrogen-bond acceptors (Lipinski definition) is 2. The Morgan fingerprint density at radius 2 is 1.81 bits per heavy atom. The van der Waals surface area contributed by atoms with Crippen LogP contribution in [0.1, 0.15) is 18.5 Å². The van der Waals surface area contributed by atoms with E-state index in [4.69, 9.17) is 23.2 Å². The summed E-state index contributed by atoms with van der Waals surface area (Å²) in [5.41, 5.74) is 2.62. The normalized spacial score (nSPS) is 12.1. The minimum atomic E-state index is -0.415. The minimum Gasteiger partial charge on any atom is -0.377 e. The molecule has 0 saturated carbocycles. The fraction of sp³-hybridized carbons (Fsp3) is 0.250. The smallest absolute Gasteiger partial charge is 0.142 e. The number of halogens is 3. The van der Waals surface area contributed by atoms with Gasteiger partial charge in [-0.05, 0) is 36.8 Å². The van der Waals surface area contributed by atoms with Crippen molar-refractivity contribution in [3.63, 3.8) is 0 Å². The molecule has 112 valence electrons. The Kier molecular flexibility index (Phi) is 4.96. The molecule has 5 heteroatoms. The van der Waals surface area contributed by atoms with Gasteiger partial charge in [-0.2, -0.15) is 0 Å². The zero-order chi connectivity index (χ0) is 15.6. The minimum absolute atomic E-state index is 0.0751. The zero-order valence-corrected chi connectivity index (χ0v) is 13.6. The molecule has 0 aliphatic carbocycles. The molecule has 1 N–H and O–H groups in total. The lowest BCUT2D eigenvalue weighted by molar-refractivity contribution is 0.624. The van der Waals surface area contributed by atoms with Crippen LogP contribution in [0, 0.1) is 5.82 Å². The number of rotatable bonds is 4. The van der Waals surface area contributed by atoms with Crippen molar-refractivity contribution < 1.29 is 4.39 Å². The summed E-state index contributed by atoms with van der Waals surface area (Å²) >= 11 is 12.0. The number of para-hydroxylation sites is 1. The van der Waals surface area contributed by atoms with Crippen LogP contribution in [0.3, 0.4) is 0 Å². The summed E-state index contributed by atoms with van der Waals surface area (Å²) in [6, 6.07) is 10.4. The van der Waals surface area contributed by atoms with Crippen LogP contribution in [0.4, 0.5) is 15.8 Å². The molecular formula is C16H17Cl2FN2. The third kappa shape index (κ3) is 3.60. The molecule has 21 heavy (non-hydrogen) atoms. The standard InChI is InChI=1S/C16H17Cl2FN2/c1-10(11-7-8-12(17)14(19)9-11)20-15-6-4-5-13(18)16(15)21(2)3/h4-10,20H,1-3H3. The summed E-state index contributed by atoms with van der Waals surface area (Å²) in [7, 11) is 3.86. The molecule has 0 fully saturated rings. The van der Waals surface area contributed by atoms with E-state index in [9.17, 15) is 4.39 Å². The van der Waals surface area contributed by atoms with Crippen molar-refractivity contribution in [3.05, 3.63) is 57.8 Å². The van der Waals surface area contributed by atoms with E-state index in [1.807, 2.05) is 50.2 Å². The topological polar surface area (TPSA) is 15.3 Å². The molecule has 2 aromatic rings. The van der Waals surface area contributed by atoms with Crippen LogP contribution in [-0.2, 0) is 0 Å². The van der Waals surface area contributed by atoms with Crippen LogP contribution in [0.2, 0.25) is 10.0 Å². The van der Waals surface area contributed by atoms with Gasteiger partial charge in [0.25, 0.3) is 0 Å². The average molecular weight is 327 g/mol. The van der Waals surface area contributed by atoms with Crippen LogP contribution in [0.15, 0.2) is 36.4 Å². The number of hydrogen-bond donors (Lipinski definition) is 1. The van der Waals surface area contributed by atoms with Crippen LogP contribution in [-0.4, -0.2) is 14.1 Å². The number of nitrogens with one attached hydrogen (secondary N) is 1. The van der Waals surface area contributed by atoms with Crippen LogP contribution in [0.5, 0.6) is 0 Å². The highest BCUT2D eigenvalue weighted by Crippen LogP contribution is 2.34. The van der Waals surface area contributed by atoms with Gasteiger partial charge in [-0.25, -0.2) is 4.39 Å². The third-order valence-electron chi connectivity index (χ3n) is 3.25. The molecule has 1 unspecified atom stereocenters. The number of nitrogens with zero attached hydrogens (tertiary/aromatic N) is 1. The van der Waals surface area contributed by atoms with Crippen LogP contribution < -0.4 is 10.2 Å². The monoisotopic (exact) mass is 326 g/mol. The molecule has 2 aromatic carbocycles. The Labute approximate surface area is 134 Å². The van der Waals surface area contributed by atoms with Gasteiger partial charge in [0.15, 0.2) is 0 Å². The predicted octanol–water partition coefficient (Wildman–Crippen LogP) is 5.37.